The number of H-pyrrole nitrogens is 1. The van der Waals surface area contributed by atoms with Crippen molar-refractivity contribution in [1.82, 2.24) is 9.71 Å². The Morgan fingerprint density at radius 2 is 1.85 bits per heavy atom. The number of aromatic nitrogens is 1. The summed E-state index contributed by atoms with van der Waals surface area (Å²) in [6.07, 6.45) is 2.56. The van der Waals surface area contributed by atoms with E-state index in [0.29, 0.717) is 13.0 Å². The predicted molar refractivity (Wildman–Crippen MR) is 105 cm³/mol. The Balaban J connectivity index is 1.98. The Morgan fingerprint density at radius 3 is 2.54 bits per heavy atom. The number of sulfonamides is 1. The fraction of sp³-hybridized carbons (Fsp3) is 0.300. The van der Waals surface area contributed by atoms with Gasteiger partial charge in [-0.3, -0.25) is 0 Å². The summed E-state index contributed by atoms with van der Waals surface area (Å²) in [5, 5.41) is 1.10. The molecule has 0 aliphatic carbocycles. The largest absolute Gasteiger partial charge is 0.497 e. The standard InChI is InChI=1S/C20H24N2O3S/c1-3-12-26(23,24)22-14-18(15-8-10-16(25-2)11-9-15)19-13-21-20-7-5-4-6-17(19)20/h4-11,13,18,21-22H,3,12,14H2,1-2H3/t18-/m1/s1. The summed E-state index contributed by atoms with van der Waals surface area (Å²) in [7, 11) is -1.65. The fourth-order valence-corrected chi connectivity index (χ4v) is 4.28. The molecule has 0 saturated heterocycles. The molecule has 1 heterocycles. The zero-order chi connectivity index (χ0) is 18.6. The Kier molecular flexibility index (Phi) is 5.64. The zero-order valence-corrected chi connectivity index (χ0v) is 15.8. The molecule has 0 amide bonds. The molecule has 6 heteroatoms. The van der Waals surface area contributed by atoms with Gasteiger partial charge in [0.2, 0.25) is 10.0 Å². The first-order valence-electron chi connectivity index (χ1n) is 8.71. The van der Waals surface area contributed by atoms with Crippen LogP contribution in [0.15, 0.2) is 54.7 Å². The molecule has 0 radical (unpaired) electrons. The maximum atomic E-state index is 12.2. The minimum atomic E-state index is -3.28. The van der Waals surface area contributed by atoms with E-state index in [9.17, 15) is 8.42 Å². The normalized spacial score (nSPS) is 13.0. The summed E-state index contributed by atoms with van der Waals surface area (Å²) in [4.78, 5) is 3.28. The van der Waals surface area contributed by atoms with E-state index in [4.69, 9.17) is 4.74 Å². The average molecular weight is 372 g/mol. The van der Waals surface area contributed by atoms with Gasteiger partial charge in [0.05, 0.1) is 12.9 Å². The molecule has 1 atom stereocenters. The van der Waals surface area contributed by atoms with E-state index in [2.05, 4.69) is 15.8 Å². The van der Waals surface area contributed by atoms with Crippen LogP contribution in [0.25, 0.3) is 10.9 Å². The summed E-state index contributed by atoms with van der Waals surface area (Å²) in [6, 6.07) is 15.8. The third-order valence-electron chi connectivity index (χ3n) is 4.50. The van der Waals surface area contributed by atoms with Crippen LogP contribution < -0.4 is 9.46 Å². The second kappa shape index (κ2) is 7.93. The molecule has 138 valence electrons. The lowest BCUT2D eigenvalue weighted by Gasteiger charge is -2.18. The lowest BCUT2D eigenvalue weighted by molar-refractivity contribution is 0.414. The van der Waals surface area contributed by atoms with Crippen LogP contribution in [0.1, 0.15) is 30.4 Å². The first kappa shape index (κ1) is 18.5. The van der Waals surface area contributed by atoms with Gasteiger partial charge >= 0.3 is 0 Å². The lowest BCUT2D eigenvalue weighted by atomic mass is 9.91. The van der Waals surface area contributed by atoms with E-state index in [1.54, 1.807) is 7.11 Å². The molecule has 0 fully saturated rings. The van der Waals surface area contributed by atoms with Crippen molar-refractivity contribution < 1.29 is 13.2 Å². The number of nitrogens with one attached hydrogen (secondary N) is 2. The number of benzene rings is 2. The molecule has 26 heavy (non-hydrogen) atoms. The van der Waals surface area contributed by atoms with E-state index in [0.717, 1.165) is 27.8 Å². The maximum Gasteiger partial charge on any atom is 0.211 e. The fourth-order valence-electron chi connectivity index (χ4n) is 3.18. The Bertz CT molecular complexity index is 962. The quantitative estimate of drug-likeness (QED) is 0.634. The number of hydrogen-bond donors (Lipinski definition) is 2. The number of rotatable bonds is 8. The average Bonchev–Trinajstić information content (AvgIpc) is 3.06. The van der Waals surface area contributed by atoms with Gasteiger partial charge < -0.3 is 9.72 Å². The minimum Gasteiger partial charge on any atom is -0.497 e. The summed E-state index contributed by atoms with van der Waals surface area (Å²) in [5.41, 5.74) is 3.15. The Hall–Kier alpha value is -2.31. The third kappa shape index (κ3) is 4.08. The van der Waals surface area contributed by atoms with E-state index in [-0.39, 0.29) is 11.7 Å². The highest BCUT2D eigenvalue weighted by atomic mass is 32.2. The number of methoxy groups -OCH3 is 1. The topological polar surface area (TPSA) is 71.2 Å². The Labute approximate surface area is 154 Å². The van der Waals surface area contributed by atoms with Gasteiger partial charge in [-0.2, -0.15) is 0 Å². The molecule has 2 aromatic carbocycles. The zero-order valence-electron chi connectivity index (χ0n) is 15.0. The molecule has 0 unspecified atom stereocenters. The first-order valence-corrected chi connectivity index (χ1v) is 10.4. The van der Waals surface area contributed by atoms with E-state index >= 15 is 0 Å². The number of aromatic amines is 1. The molecular weight excluding hydrogens is 348 g/mol. The summed E-state index contributed by atoms with van der Waals surface area (Å²) in [5.74, 6) is 0.817. The maximum absolute atomic E-state index is 12.2. The first-order chi connectivity index (χ1) is 12.5. The molecule has 5 nitrogen and oxygen atoms in total. The van der Waals surface area contributed by atoms with E-state index in [1.165, 1.54) is 0 Å². The minimum absolute atomic E-state index is 0.0938. The molecule has 2 N–H and O–H groups in total. The van der Waals surface area contributed by atoms with Gasteiger partial charge in [-0.15, -0.1) is 0 Å². The summed E-state index contributed by atoms with van der Waals surface area (Å²) in [6.45, 7) is 2.18. The number of para-hydroxylation sites is 1. The highest BCUT2D eigenvalue weighted by Gasteiger charge is 2.20. The molecule has 0 bridgehead atoms. The van der Waals surface area contributed by atoms with Crippen molar-refractivity contribution in [3.05, 3.63) is 65.9 Å². The van der Waals surface area contributed by atoms with Gasteiger partial charge in [0.15, 0.2) is 0 Å². The van der Waals surface area contributed by atoms with Crippen LogP contribution in [-0.2, 0) is 10.0 Å². The van der Waals surface area contributed by atoms with Crippen molar-refractivity contribution in [2.75, 3.05) is 19.4 Å². The van der Waals surface area contributed by atoms with Crippen molar-refractivity contribution in [2.24, 2.45) is 0 Å². The van der Waals surface area contributed by atoms with Gasteiger partial charge in [0.1, 0.15) is 5.75 Å². The van der Waals surface area contributed by atoms with Crippen LogP contribution in [-0.4, -0.2) is 32.8 Å². The molecular formula is C20H24N2O3S. The molecule has 0 aliphatic rings. The van der Waals surface area contributed by atoms with Gasteiger partial charge in [-0.05, 0) is 35.7 Å². The van der Waals surface area contributed by atoms with Crippen molar-refractivity contribution >= 4 is 20.9 Å². The number of hydrogen-bond acceptors (Lipinski definition) is 3. The smallest absolute Gasteiger partial charge is 0.211 e. The highest BCUT2D eigenvalue weighted by Crippen LogP contribution is 2.31. The highest BCUT2D eigenvalue weighted by molar-refractivity contribution is 7.89. The van der Waals surface area contributed by atoms with Crippen LogP contribution in [0.4, 0.5) is 0 Å². The van der Waals surface area contributed by atoms with Gasteiger partial charge in [0.25, 0.3) is 0 Å². The van der Waals surface area contributed by atoms with Crippen molar-refractivity contribution in [1.29, 1.82) is 0 Å². The van der Waals surface area contributed by atoms with Crippen molar-refractivity contribution in [3.8, 4) is 5.75 Å². The second-order valence-corrected chi connectivity index (χ2v) is 8.21. The van der Waals surface area contributed by atoms with Gasteiger partial charge in [0, 0.05) is 29.6 Å². The van der Waals surface area contributed by atoms with Crippen LogP contribution in [0.5, 0.6) is 5.75 Å². The van der Waals surface area contributed by atoms with E-state index < -0.39 is 10.0 Å². The number of ether oxygens (including phenoxy) is 1. The molecule has 0 aliphatic heterocycles. The van der Waals surface area contributed by atoms with E-state index in [1.807, 2.05) is 55.6 Å². The number of fused-ring (bicyclic) bond motifs is 1. The second-order valence-electron chi connectivity index (χ2n) is 6.28. The molecule has 1 aromatic heterocycles. The summed E-state index contributed by atoms with van der Waals surface area (Å²) < 4.78 is 32.3. The van der Waals surface area contributed by atoms with Crippen molar-refractivity contribution in [3.63, 3.8) is 0 Å². The lowest BCUT2D eigenvalue weighted by Crippen LogP contribution is -2.30. The Morgan fingerprint density at radius 1 is 1.12 bits per heavy atom. The van der Waals surface area contributed by atoms with Crippen LogP contribution >= 0.6 is 0 Å². The predicted octanol–water partition coefficient (Wildman–Crippen LogP) is 3.64. The molecule has 3 aromatic rings. The van der Waals surface area contributed by atoms with Crippen LogP contribution in [0.2, 0.25) is 0 Å². The molecule has 0 saturated carbocycles. The molecule has 3 rings (SSSR count). The van der Waals surface area contributed by atoms with Gasteiger partial charge in [-0.1, -0.05) is 37.3 Å². The van der Waals surface area contributed by atoms with Crippen LogP contribution in [0.3, 0.4) is 0 Å². The van der Waals surface area contributed by atoms with Crippen molar-refractivity contribution in [2.45, 2.75) is 19.3 Å². The SMILES string of the molecule is CCCS(=O)(=O)NC[C@H](c1ccc(OC)cc1)c1c[nH]c2ccccc12. The third-order valence-corrected chi connectivity index (χ3v) is 6.05. The van der Waals surface area contributed by atoms with Gasteiger partial charge in [-0.25, -0.2) is 13.1 Å². The monoisotopic (exact) mass is 372 g/mol. The molecule has 0 spiro atoms. The summed E-state index contributed by atoms with van der Waals surface area (Å²) >= 11 is 0. The van der Waals surface area contributed by atoms with Crippen LogP contribution in [0, 0.1) is 0 Å².